The van der Waals surface area contributed by atoms with E-state index < -0.39 is 29.3 Å². The Morgan fingerprint density at radius 1 is 1.67 bits per heavy atom. The number of amides is 1. The van der Waals surface area contributed by atoms with Gasteiger partial charge in [0, 0.05) is 0 Å². The topological polar surface area (TPSA) is 101 Å². The molecule has 0 aromatic rings. The van der Waals surface area contributed by atoms with Gasteiger partial charge in [0.2, 0.25) is 0 Å². The molecule has 2 unspecified atom stereocenters. The van der Waals surface area contributed by atoms with Crippen LogP contribution < -0.4 is 5.73 Å². The molecule has 0 radical (unpaired) electrons. The smallest absolute Gasteiger partial charge is 0.309 e. The Bertz CT molecular complexity index is 208. The van der Waals surface area contributed by atoms with Crippen molar-refractivity contribution in [3.05, 3.63) is 0 Å². The van der Waals surface area contributed by atoms with Crippen LogP contribution in [0.2, 0.25) is 0 Å². The van der Waals surface area contributed by atoms with Crippen molar-refractivity contribution < 1.29 is 19.8 Å². The van der Waals surface area contributed by atoms with Gasteiger partial charge in [-0.05, 0) is 6.92 Å². The lowest BCUT2D eigenvalue weighted by molar-refractivity contribution is -0.157. The highest BCUT2D eigenvalue weighted by Crippen LogP contribution is 2.18. The molecule has 1 amide bonds. The molecule has 0 aromatic carbocycles. The van der Waals surface area contributed by atoms with Crippen molar-refractivity contribution in [3.8, 4) is 0 Å². The zero-order valence-corrected chi connectivity index (χ0v) is 7.21. The number of hydrogen-bond acceptors (Lipinski definition) is 3. The molecule has 0 aliphatic carbocycles. The Hall–Kier alpha value is -0.810. The van der Waals surface area contributed by atoms with Crippen LogP contribution in [-0.2, 0) is 9.59 Å². The molecule has 70 valence electrons. The minimum absolute atomic E-state index is 0.532. The Morgan fingerprint density at radius 2 is 2.08 bits per heavy atom. The normalized spacial score (nSPS) is 17.9. The quantitative estimate of drug-likeness (QED) is 0.510. The number of rotatable bonds is 4. The fourth-order valence-electron chi connectivity index (χ4n) is 0.599. The Kier molecular flexibility index (Phi) is 3.48. The second-order valence-corrected chi connectivity index (χ2v) is 2.75. The monoisotopic (exact) mass is 195 g/mol. The molecule has 0 aromatic heterocycles. The molecule has 0 saturated carbocycles. The first kappa shape index (κ1) is 11.2. The van der Waals surface area contributed by atoms with Gasteiger partial charge < -0.3 is 15.9 Å². The summed E-state index contributed by atoms with van der Waals surface area (Å²) >= 11 is 5.23. The molecular formula is C6H10ClNO4. The lowest BCUT2D eigenvalue weighted by Gasteiger charge is -2.25. The SMILES string of the molecule is CC(C(=O)O)C(O)(CCl)C(N)=O. The largest absolute Gasteiger partial charge is 0.481 e. The second kappa shape index (κ2) is 3.73. The van der Waals surface area contributed by atoms with Gasteiger partial charge >= 0.3 is 5.97 Å². The van der Waals surface area contributed by atoms with E-state index in [2.05, 4.69) is 0 Å². The molecule has 0 fully saturated rings. The zero-order chi connectivity index (χ0) is 9.94. The molecule has 6 heteroatoms. The summed E-state index contributed by atoms with van der Waals surface area (Å²) in [7, 11) is 0. The van der Waals surface area contributed by atoms with Gasteiger partial charge in [-0.15, -0.1) is 11.6 Å². The van der Waals surface area contributed by atoms with E-state index in [0.717, 1.165) is 6.92 Å². The van der Waals surface area contributed by atoms with E-state index in [1.165, 1.54) is 0 Å². The maximum atomic E-state index is 10.6. The highest BCUT2D eigenvalue weighted by molar-refractivity contribution is 6.20. The van der Waals surface area contributed by atoms with Crippen LogP contribution in [0.5, 0.6) is 0 Å². The van der Waals surface area contributed by atoms with Gasteiger partial charge in [-0.25, -0.2) is 0 Å². The number of hydrogen-bond donors (Lipinski definition) is 3. The number of carboxylic acid groups (broad SMARTS) is 1. The predicted molar refractivity (Wildman–Crippen MR) is 41.7 cm³/mol. The lowest BCUT2D eigenvalue weighted by atomic mass is 9.90. The van der Waals surface area contributed by atoms with Gasteiger partial charge in [-0.2, -0.15) is 0 Å². The number of aliphatic carboxylic acids is 1. The fraction of sp³-hybridized carbons (Fsp3) is 0.667. The predicted octanol–water partition coefficient (Wildman–Crippen LogP) is -0.838. The maximum absolute atomic E-state index is 10.6. The highest BCUT2D eigenvalue weighted by Gasteiger charge is 2.43. The third-order valence-corrected chi connectivity index (χ3v) is 2.12. The van der Waals surface area contributed by atoms with Crippen LogP contribution in [-0.4, -0.2) is 33.6 Å². The van der Waals surface area contributed by atoms with Gasteiger partial charge in [-0.1, -0.05) is 0 Å². The summed E-state index contributed by atoms with van der Waals surface area (Å²) in [5, 5.41) is 17.8. The van der Waals surface area contributed by atoms with Crippen molar-refractivity contribution in [2.45, 2.75) is 12.5 Å². The van der Waals surface area contributed by atoms with E-state index in [0.29, 0.717) is 0 Å². The average molecular weight is 196 g/mol. The molecule has 0 heterocycles. The van der Waals surface area contributed by atoms with Gasteiger partial charge in [0.1, 0.15) is 0 Å². The molecule has 12 heavy (non-hydrogen) atoms. The number of nitrogens with two attached hydrogens (primary N) is 1. The van der Waals surface area contributed by atoms with Crippen molar-refractivity contribution in [3.63, 3.8) is 0 Å². The van der Waals surface area contributed by atoms with Crippen LogP contribution >= 0.6 is 11.6 Å². The van der Waals surface area contributed by atoms with Gasteiger partial charge in [0.05, 0.1) is 11.8 Å². The Balaban J connectivity index is 4.75. The molecule has 0 rings (SSSR count). The number of primary amides is 1. The fourth-order valence-corrected chi connectivity index (χ4v) is 0.962. The third kappa shape index (κ3) is 1.86. The third-order valence-electron chi connectivity index (χ3n) is 1.72. The van der Waals surface area contributed by atoms with E-state index in [9.17, 15) is 14.7 Å². The summed E-state index contributed by atoms with van der Waals surface area (Å²) < 4.78 is 0. The first-order valence-electron chi connectivity index (χ1n) is 3.17. The van der Waals surface area contributed by atoms with E-state index >= 15 is 0 Å². The van der Waals surface area contributed by atoms with Gasteiger partial charge in [-0.3, -0.25) is 9.59 Å². The molecule has 0 bridgehead atoms. The van der Waals surface area contributed by atoms with Crippen LogP contribution in [0, 0.1) is 5.92 Å². The molecule has 0 aliphatic heterocycles. The van der Waals surface area contributed by atoms with Crippen molar-refractivity contribution >= 4 is 23.5 Å². The van der Waals surface area contributed by atoms with Gasteiger partial charge in [0.15, 0.2) is 5.60 Å². The minimum Gasteiger partial charge on any atom is -0.481 e. The first-order valence-corrected chi connectivity index (χ1v) is 3.70. The molecule has 4 N–H and O–H groups in total. The second-order valence-electron chi connectivity index (χ2n) is 2.48. The number of alkyl halides is 1. The Morgan fingerprint density at radius 3 is 2.17 bits per heavy atom. The summed E-state index contributed by atoms with van der Waals surface area (Å²) in [5.74, 6) is -4.30. The van der Waals surface area contributed by atoms with Crippen molar-refractivity contribution in [2.75, 3.05) is 5.88 Å². The summed E-state index contributed by atoms with van der Waals surface area (Å²) in [6, 6.07) is 0. The van der Waals surface area contributed by atoms with Crippen LogP contribution in [0.1, 0.15) is 6.92 Å². The van der Waals surface area contributed by atoms with Gasteiger partial charge in [0.25, 0.3) is 5.91 Å². The maximum Gasteiger partial charge on any atom is 0.309 e. The van der Waals surface area contributed by atoms with Crippen LogP contribution in [0.15, 0.2) is 0 Å². The summed E-state index contributed by atoms with van der Waals surface area (Å²) in [6.07, 6.45) is 0. The minimum atomic E-state index is -2.17. The van der Waals surface area contributed by atoms with Crippen molar-refractivity contribution in [2.24, 2.45) is 11.7 Å². The lowest BCUT2D eigenvalue weighted by Crippen LogP contribution is -2.53. The van der Waals surface area contributed by atoms with E-state index in [-0.39, 0.29) is 0 Å². The molecule has 0 aliphatic rings. The molecule has 5 nitrogen and oxygen atoms in total. The summed E-state index contributed by atoms with van der Waals surface area (Å²) in [6.45, 7) is 1.16. The number of carboxylic acids is 1. The summed E-state index contributed by atoms with van der Waals surface area (Å²) in [5.41, 5.74) is 2.61. The van der Waals surface area contributed by atoms with Crippen molar-refractivity contribution in [1.29, 1.82) is 0 Å². The standard InChI is InChI=1S/C6H10ClNO4/c1-3(4(9)10)6(12,2-7)5(8)11/h3,12H,2H2,1H3,(H2,8,11)(H,9,10). The van der Waals surface area contributed by atoms with E-state index in [4.69, 9.17) is 22.4 Å². The van der Waals surface area contributed by atoms with Crippen molar-refractivity contribution in [1.82, 2.24) is 0 Å². The number of aliphatic hydroxyl groups is 1. The Labute approximate surface area is 74.1 Å². The molecule has 0 spiro atoms. The number of halogens is 1. The zero-order valence-electron chi connectivity index (χ0n) is 6.45. The van der Waals surface area contributed by atoms with Crippen LogP contribution in [0.25, 0.3) is 0 Å². The highest BCUT2D eigenvalue weighted by atomic mass is 35.5. The number of carbonyl (C=O) groups excluding carboxylic acids is 1. The van der Waals surface area contributed by atoms with Crippen LogP contribution in [0.3, 0.4) is 0 Å². The molecule has 0 saturated heterocycles. The number of carbonyl (C=O) groups is 2. The first-order chi connectivity index (χ1) is 5.36. The molecule has 2 atom stereocenters. The van der Waals surface area contributed by atoms with E-state index in [1.807, 2.05) is 0 Å². The average Bonchev–Trinajstić information content (AvgIpc) is 2.01. The summed E-state index contributed by atoms with van der Waals surface area (Å²) in [4.78, 5) is 21.0. The van der Waals surface area contributed by atoms with E-state index in [1.54, 1.807) is 0 Å². The molecular weight excluding hydrogens is 186 g/mol. The van der Waals surface area contributed by atoms with Crippen LogP contribution in [0.4, 0.5) is 0 Å².